The first-order valence-electron chi connectivity index (χ1n) is 6.19. The molecule has 21 heavy (non-hydrogen) atoms. The molecule has 2 rings (SSSR count). The van der Waals surface area contributed by atoms with Crippen LogP contribution in [-0.2, 0) is 10.0 Å². The number of halogens is 2. The standard InChI is InChI=1S/C14H14BrFN2O2S/c1-2-18(12-5-3-4-10(16)8-12)21(19,20)14-7-6-11(17)9-13(14)15/h3-9H,2,17H2,1H3. The molecule has 0 unspecified atom stereocenters. The molecule has 0 spiro atoms. The van der Waals surface area contributed by atoms with E-state index in [9.17, 15) is 12.8 Å². The molecule has 0 fully saturated rings. The van der Waals surface area contributed by atoms with Crippen LogP contribution in [0.4, 0.5) is 15.8 Å². The van der Waals surface area contributed by atoms with Crippen LogP contribution in [0.15, 0.2) is 51.8 Å². The van der Waals surface area contributed by atoms with Crippen molar-refractivity contribution in [2.45, 2.75) is 11.8 Å². The normalized spacial score (nSPS) is 11.4. The van der Waals surface area contributed by atoms with Crippen LogP contribution in [0, 0.1) is 5.82 Å². The van der Waals surface area contributed by atoms with E-state index in [1.165, 1.54) is 36.4 Å². The van der Waals surface area contributed by atoms with Gasteiger partial charge in [-0.3, -0.25) is 4.31 Å². The molecule has 112 valence electrons. The molecule has 0 aliphatic rings. The van der Waals surface area contributed by atoms with E-state index in [-0.39, 0.29) is 17.1 Å². The fourth-order valence-corrected chi connectivity index (χ4v) is 4.49. The second kappa shape index (κ2) is 6.03. The van der Waals surface area contributed by atoms with E-state index in [2.05, 4.69) is 15.9 Å². The molecule has 0 saturated carbocycles. The van der Waals surface area contributed by atoms with Crippen molar-refractivity contribution in [3.05, 3.63) is 52.8 Å². The van der Waals surface area contributed by atoms with Crippen molar-refractivity contribution in [3.63, 3.8) is 0 Å². The van der Waals surface area contributed by atoms with Gasteiger partial charge in [0.1, 0.15) is 10.7 Å². The lowest BCUT2D eigenvalue weighted by atomic mass is 10.3. The molecule has 4 nitrogen and oxygen atoms in total. The maximum Gasteiger partial charge on any atom is 0.265 e. The number of benzene rings is 2. The summed E-state index contributed by atoms with van der Waals surface area (Å²) in [4.78, 5) is 0.0859. The minimum atomic E-state index is -3.80. The highest BCUT2D eigenvalue weighted by atomic mass is 79.9. The van der Waals surface area contributed by atoms with Crippen molar-refractivity contribution in [2.24, 2.45) is 0 Å². The lowest BCUT2D eigenvalue weighted by Crippen LogP contribution is -2.31. The Labute approximate surface area is 131 Å². The van der Waals surface area contributed by atoms with Gasteiger partial charge in [0.05, 0.1) is 5.69 Å². The second-order valence-electron chi connectivity index (χ2n) is 4.34. The lowest BCUT2D eigenvalue weighted by molar-refractivity contribution is 0.591. The number of anilines is 2. The number of nitrogen functional groups attached to an aromatic ring is 1. The van der Waals surface area contributed by atoms with Gasteiger partial charge < -0.3 is 5.73 Å². The molecule has 2 N–H and O–H groups in total. The third kappa shape index (κ3) is 3.19. The molecule has 7 heteroatoms. The first-order chi connectivity index (χ1) is 9.86. The summed E-state index contributed by atoms with van der Waals surface area (Å²) < 4.78 is 40.3. The number of hydrogen-bond donors (Lipinski definition) is 1. The van der Waals surface area contributed by atoms with E-state index in [0.717, 1.165) is 4.31 Å². The third-order valence-electron chi connectivity index (χ3n) is 2.91. The summed E-state index contributed by atoms with van der Waals surface area (Å²) in [5.41, 5.74) is 6.35. The molecule has 0 bridgehead atoms. The Bertz CT molecular complexity index is 765. The van der Waals surface area contributed by atoms with Crippen molar-refractivity contribution in [1.29, 1.82) is 0 Å². The molecule has 2 aromatic rings. The van der Waals surface area contributed by atoms with Crippen LogP contribution in [0.3, 0.4) is 0 Å². The zero-order valence-corrected chi connectivity index (χ0v) is 13.7. The maximum absolute atomic E-state index is 13.3. The molecule has 0 heterocycles. The average Bonchev–Trinajstić information content (AvgIpc) is 2.38. The minimum Gasteiger partial charge on any atom is -0.399 e. The highest BCUT2D eigenvalue weighted by molar-refractivity contribution is 9.10. The van der Waals surface area contributed by atoms with E-state index in [0.29, 0.717) is 10.2 Å². The Hall–Kier alpha value is -1.60. The van der Waals surface area contributed by atoms with Gasteiger partial charge in [0.2, 0.25) is 0 Å². The fraction of sp³-hybridized carbons (Fsp3) is 0.143. The van der Waals surface area contributed by atoms with Gasteiger partial charge in [-0.05, 0) is 59.3 Å². The van der Waals surface area contributed by atoms with Crippen molar-refractivity contribution < 1.29 is 12.8 Å². The van der Waals surface area contributed by atoms with Crippen LogP contribution in [-0.4, -0.2) is 15.0 Å². The van der Waals surface area contributed by atoms with Crippen molar-refractivity contribution in [2.75, 3.05) is 16.6 Å². The molecule has 0 radical (unpaired) electrons. The quantitative estimate of drug-likeness (QED) is 0.836. The molecule has 2 aromatic carbocycles. The second-order valence-corrected chi connectivity index (χ2v) is 7.02. The van der Waals surface area contributed by atoms with E-state index in [4.69, 9.17) is 5.73 Å². The molecule has 0 atom stereocenters. The predicted octanol–water partition coefficient (Wildman–Crippen LogP) is 3.39. The van der Waals surface area contributed by atoms with Gasteiger partial charge in [0, 0.05) is 16.7 Å². The van der Waals surface area contributed by atoms with Crippen LogP contribution in [0.1, 0.15) is 6.92 Å². The summed E-state index contributed by atoms with van der Waals surface area (Å²) in [5.74, 6) is -0.488. The Kier molecular flexibility index (Phi) is 4.53. The number of rotatable bonds is 4. The molecular weight excluding hydrogens is 359 g/mol. The summed E-state index contributed by atoms with van der Waals surface area (Å²) in [7, 11) is -3.80. The summed E-state index contributed by atoms with van der Waals surface area (Å²) in [6.45, 7) is 1.87. The van der Waals surface area contributed by atoms with Gasteiger partial charge in [-0.25, -0.2) is 12.8 Å². The molecule has 0 aliphatic carbocycles. The van der Waals surface area contributed by atoms with Gasteiger partial charge >= 0.3 is 0 Å². The zero-order valence-electron chi connectivity index (χ0n) is 11.3. The Morgan fingerprint density at radius 1 is 1.24 bits per heavy atom. The van der Waals surface area contributed by atoms with Crippen LogP contribution < -0.4 is 10.0 Å². The fourth-order valence-electron chi connectivity index (χ4n) is 1.97. The molecule has 0 amide bonds. The Morgan fingerprint density at radius 3 is 2.52 bits per heavy atom. The number of nitrogens with two attached hydrogens (primary N) is 1. The summed E-state index contributed by atoms with van der Waals surface area (Å²) in [5, 5.41) is 0. The zero-order chi connectivity index (χ0) is 15.6. The first kappa shape index (κ1) is 15.8. The van der Waals surface area contributed by atoms with E-state index in [1.54, 1.807) is 13.0 Å². The van der Waals surface area contributed by atoms with Crippen molar-refractivity contribution in [3.8, 4) is 0 Å². The van der Waals surface area contributed by atoms with Crippen LogP contribution in [0.25, 0.3) is 0 Å². The third-order valence-corrected chi connectivity index (χ3v) is 5.79. The van der Waals surface area contributed by atoms with Crippen molar-refractivity contribution >= 4 is 37.3 Å². The summed E-state index contributed by atoms with van der Waals surface area (Å²) in [6.07, 6.45) is 0. The number of sulfonamides is 1. The van der Waals surface area contributed by atoms with Gasteiger partial charge in [0.15, 0.2) is 0 Å². The van der Waals surface area contributed by atoms with Gasteiger partial charge in [-0.2, -0.15) is 0 Å². The van der Waals surface area contributed by atoms with E-state index in [1.807, 2.05) is 0 Å². The smallest absolute Gasteiger partial charge is 0.265 e. The molecule has 0 saturated heterocycles. The maximum atomic E-state index is 13.3. The molecule has 0 aromatic heterocycles. The number of nitrogens with zero attached hydrogens (tertiary/aromatic N) is 1. The Morgan fingerprint density at radius 2 is 1.95 bits per heavy atom. The highest BCUT2D eigenvalue weighted by Crippen LogP contribution is 2.30. The van der Waals surface area contributed by atoms with Crippen LogP contribution >= 0.6 is 15.9 Å². The molecular formula is C14H14BrFN2O2S. The minimum absolute atomic E-state index is 0.0859. The summed E-state index contributed by atoms with van der Waals surface area (Å²) in [6, 6.07) is 9.94. The Balaban J connectivity index is 2.54. The SMILES string of the molecule is CCN(c1cccc(F)c1)S(=O)(=O)c1ccc(N)cc1Br. The predicted molar refractivity (Wildman–Crippen MR) is 85.2 cm³/mol. The van der Waals surface area contributed by atoms with E-state index >= 15 is 0 Å². The van der Waals surface area contributed by atoms with Crippen molar-refractivity contribution in [1.82, 2.24) is 0 Å². The van der Waals surface area contributed by atoms with E-state index < -0.39 is 15.8 Å². The van der Waals surface area contributed by atoms with Crippen LogP contribution in [0.5, 0.6) is 0 Å². The lowest BCUT2D eigenvalue weighted by Gasteiger charge is -2.23. The first-order valence-corrected chi connectivity index (χ1v) is 8.43. The largest absolute Gasteiger partial charge is 0.399 e. The van der Waals surface area contributed by atoms with Gasteiger partial charge in [0.25, 0.3) is 10.0 Å². The van der Waals surface area contributed by atoms with Gasteiger partial charge in [-0.1, -0.05) is 6.07 Å². The monoisotopic (exact) mass is 372 g/mol. The topological polar surface area (TPSA) is 63.4 Å². The van der Waals surface area contributed by atoms with Gasteiger partial charge in [-0.15, -0.1) is 0 Å². The molecule has 0 aliphatic heterocycles. The number of hydrogen-bond acceptors (Lipinski definition) is 3. The van der Waals surface area contributed by atoms with Crippen LogP contribution in [0.2, 0.25) is 0 Å². The average molecular weight is 373 g/mol. The highest BCUT2D eigenvalue weighted by Gasteiger charge is 2.26. The summed E-state index contributed by atoms with van der Waals surface area (Å²) >= 11 is 3.21.